The molecule has 1 aromatic carbocycles. The maximum absolute atomic E-state index is 13.1. The van der Waals surface area contributed by atoms with Crippen LogP contribution in [0.1, 0.15) is 0 Å². The van der Waals surface area contributed by atoms with Crippen LogP contribution in [0.2, 0.25) is 0 Å². The van der Waals surface area contributed by atoms with Crippen molar-refractivity contribution in [2.45, 2.75) is 0 Å². The molecule has 1 aliphatic rings. The van der Waals surface area contributed by atoms with Crippen molar-refractivity contribution >= 4 is 27.1 Å². The molecule has 27 heavy (non-hydrogen) atoms. The number of nitrogens with zero attached hydrogens (tertiary/aromatic N) is 6. The monoisotopic (exact) mass is 380 g/mol. The molecule has 0 bridgehead atoms. The van der Waals surface area contributed by atoms with Crippen molar-refractivity contribution in [2.75, 3.05) is 36.0 Å². The topological polar surface area (TPSA) is 49.6 Å². The molecule has 1 saturated heterocycles. The van der Waals surface area contributed by atoms with Gasteiger partial charge in [-0.2, -0.15) is 0 Å². The van der Waals surface area contributed by atoms with Crippen molar-refractivity contribution in [2.24, 2.45) is 0 Å². The zero-order valence-electron chi connectivity index (χ0n) is 14.5. The molecule has 0 amide bonds. The second-order valence-corrected chi connectivity index (χ2v) is 7.36. The van der Waals surface area contributed by atoms with E-state index in [1.165, 1.54) is 12.1 Å². The number of imidazole rings is 1. The van der Waals surface area contributed by atoms with Gasteiger partial charge in [0.2, 0.25) is 10.1 Å². The Morgan fingerprint density at radius 1 is 0.963 bits per heavy atom. The molecule has 0 spiro atoms. The fourth-order valence-electron chi connectivity index (χ4n) is 3.28. The van der Waals surface area contributed by atoms with Crippen molar-refractivity contribution in [3.05, 3.63) is 60.8 Å². The molecule has 136 valence electrons. The summed E-state index contributed by atoms with van der Waals surface area (Å²) in [4.78, 5) is 14.3. The van der Waals surface area contributed by atoms with Crippen LogP contribution in [0.3, 0.4) is 0 Å². The Kier molecular flexibility index (Phi) is 3.97. The number of hydrogen-bond donors (Lipinski definition) is 0. The van der Waals surface area contributed by atoms with Crippen LogP contribution >= 0.6 is 11.3 Å². The summed E-state index contributed by atoms with van der Waals surface area (Å²) in [6, 6.07) is 10.6. The highest BCUT2D eigenvalue weighted by molar-refractivity contribution is 7.20. The van der Waals surface area contributed by atoms with Gasteiger partial charge in [-0.1, -0.05) is 11.3 Å². The van der Waals surface area contributed by atoms with Crippen LogP contribution in [-0.2, 0) is 0 Å². The second-order valence-electron chi connectivity index (χ2n) is 6.43. The average molecular weight is 380 g/mol. The third-order valence-corrected chi connectivity index (χ3v) is 5.72. The van der Waals surface area contributed by atoms with E-state index in [1.54, 1.807) is 17.5 Å². The Balaban J connectivity index is 1.30. The van der Waals surface area contributed by atoms with Gasteiger partial charge in [0.1, 0.15) is 5.82 Å². The van der Waals surface area contributed by atoms with Gasteiger partial charge in [-0.25, -0.2) is 13.9 Å². The Morgan fingerprint density at radius 3 is 2.44 bits per heavy atom. The quantitative estimate of drug-likeness (QED) is 0.546. The minimum absolute atomic E-state index is 0.200. The molecule has 0 unspecified atom stereocenters. The summed E-state index contributed by atoms with van der Waals surface area (Å²) >= 11 is 1.60. The fraction of sp³-hybridized carbons (Fsp3) is 0.211. The lowest BCUT2D eigenvalue weighted by atomic mass is 10.2. The molecule has 0 saturated carbocycles. The minimum atomic E-state index is -0.200. The lowest BCUT2D eigenvalue weighted by molar-refractivity contribution is 0.624. The highest BCUT2D eigenvalue weighted by Crippen LogP contribution is 2.27. The first kappa shape index (κ1) is 16.2. The zero-order valence-corrected chi connectivity index (χ0v) is 15.3. The Bertz CT molecular complexity index is 1020. The van der Waals surface area contributed by atoms with Crippen LogP contribution in [0.25, 0.3) is 16.2 Å². The van der Waals surface area contributed by atoms with Crippen LogP contribution < -0.4 is 9.80 Å². The van der Waals surface area contributed by atoms with Crippen molar-refractivity contribution < 1.29 is 4.39 Å². The molecule has 5 rings (SSSR count). The maximum Gasteiger partial charge on any atom is 0.214 e. The van der Waals surface area contributed by atoms with Gasteiger partial charge >= 0.3 is 0 Å². The number of aromatic nitrogens is 4. The Morgan fingerprint density at radius 2 is 1.74 bits per heavy atom. The van der Waals surface area contributed by atoms with Crippen molar-refractivity contribution in [1.29, 1.82) is 0 Å². The van der Waals surface area contributed by atoms with E-state index in [1.807, 2.05) is 41.2 Å². The van der Waals surface area contributed by atoms with Crippen LogP contribution in [0, 0.1) is 5.82 Å². The fourth-order valence-corrected chi connectivity index (χ4v) is 4.21. The number of halogens is 1. The molecule has 0 atom stereocenters. The van der Waals surface area contributed by atoms with E-state index in [9.17, 15) is 4.39 Å². The van der Waals surface area contributed by atoms with Crippen LogP contribution in [0.4, 0.5) is 15.2 Å². The summed E-state index contributed by atoms with van der Waals surface area (Å²) in [7, 11) is 0. The van der Waals surface area contributed by atoms with Crippen molar-refractivity contribution in [1.82, 2.24) is 19.6 Å². The number of piperazine rings is 1. The molecule has 1 aliphatic heterocycles. The molecular weight excluding hydrogens is 363 g/mol. The molecule has 4 heterocycles. The third kappa shape index (κ3) is 3.12. The molecule has 3 aromatic heterocycles. The molecular formula is C19H17FN6S. The first-order chi connectivity index (χ1) is 13.3. The summed E-state index contributed by atoms with van der Waals surface area (Å²) in [6.07, 6.45) is 5.51. The Hall–Kier alpha value is -3.00. The predicted octanol–water partition coefficient (Wildman–Crippen LogP) is 3.32. The average Bonchev–Trinajstić information content (AvgIpc) is 3.29. The number of benzene rings is 1. The smallest absolute Gasteiger partial charge is 0.214 e. The third-order valence-electron chi connectivity index (χ3n) is 4.73. The van der Waals surface area contributed by atoms with Gasteiger partial charge < -0.3 is 9.80 Å². The molecule has 1 fully saturated rings. The van der Waals surface area contributed by atoms with Gasteiger partial charge in [0.25, 0.3) is 0 Å². The highest BCUT2D eigenvalue weighted by atomic mass is 32.1. The summed E-state index contributed by atoms with van der Waals surface area (Å²) in [5, 5.41) is 5.68. The van der Waals surface area contributed by atoms with E-state index in [0.29, 0.717) is 0 Å². The second kappa shape index (κ2) is 6.62. The van der Waals surface area contributed by atoms with E-state index >= 15 is 0 Å². The van der Waals surface area contributed by atoms with Crippen LogP contribution in [0.15, 0.2) is 55.0 Å². The molecule has 8 heteroatoms. The summed E-state index contributed by atoms with van der Waals surface area (Å²) < 4.78 is 14.9. The number of hydrogen-bond acceptors (Lipinski definition) is 6. The lowest BCUT2D eigenvalue weighted by Crippen LogP contribution is -2.46. The SMILES string of the molecule is Fc1ccc(N2CCN(c3nn4cc(-c5cccnc5)nc4s3)CC2)cc1. The number of anilines is 2. The molecule has 4 aromatic rings. The van der Waals surface area contributed by atoms with Gasteiger partial charge in [-0.05, 0) is 36.4 Å². The number of rotatable bonds is 3. The minimum Gasteiger partial charge on any atom is -0.368 e. The predicted molar refractivity (Wildman–Crippen MR) is 105 cm³/mol. The highest BCUT2D eigenvalue weighted by Gasteiger charge is 2.21. The van der Waals surface area contributed by atoms with E-state index in [-0.39, 0.29) is 5.82 Å². The standard InChI is InChI=1S/C19H17FN6S/c20-15-3-5-16(6-4-15)24-8-10-25(11-9-24)19-23-26-13-17(22-18(26)27-19)14-2-1-7-21-12-14/h1-7,12-13H,8-11H2. The molecule has 0 radical (unpaired) electrons. The number of pyridine rings is 1. The van der Waals surface area contributed by atoms with Crippen LogP contribution in [0.5, 0.6) is 0 Å². The first-order valence-electron chi connectivity index (χ1n) is 8.78. The zero-order chi connectivity index (χ0) is 18.2. The van der Waals surface area contributed by atoms with Crippen molar-refractivity contribution in [3.63, 3.8) is 0 Å². The molecule has 0 aliphatic carbocycles. The van der Waals surface area contributed by atoms with Gasteiger partial charge in [-0.3, -0.25) is 4.98 Å². The van der Waals surface area contributed by atoms with Gasteiger partial charge in [0.15, 0.2) is 0 Å². The van der Waals surface area contributed by atoms with E-state index in [2.05, 4.69) is 19.8 Å². The van der Waals surface area contributed by atoms with Gasteiger partial charge in [-0.15, -0.1) is 5.10 Å². The summed E-state index contributed by atoms with van der Waals surface area (Å²) in [6.45, 7) is 3.52. The first-order valence-corrected chi connectivity index (χ1v) is 9.60. The summed E-state index contributed by atoms with van der Waals surface area (Å²) in [5.74, 6) is -0.200. The molecule has 0 N–H and O–H groups in total. The Labute approximate surface area is 159 Å². The number of fused-ring (bicyclic) bond motifs is 1. The van der Waals surface area contributed by atoms with Gasteiger partial charge in [0.05, 0.1) is 11.9 Å². The molecule has 6 nitrogen and oxygen atoms in total. The summed E-state index contributed by atoms with van der Waals surface area (Å²) in [5.41, 5.74) is 2.94. The maximum atomic E-state index is 13.1. The lowest BCUT2D eigenvalue weighted by Gasteiger charge is -2.35. The van der Waals surface area contributed by atoms with Crippen LogP contribution in [-0.4, -0.2) is 45.8 Å². The van der Waals surface area contributed by atoms with E-state index in [4.69, 9.17) is 5.10 Å². The van der Waals surface area contributed by atoms with E-state index in [0.717, 1.165) is 53.2 Å². The normalized spacial score (nSPS) is 14.9. The van der Waals surface area contributed by atoms with Crippen molar-refractivity contribution in [3.8, 4) is 11.3 Å². The largest absolute Gasteiger partial charge is 0.368 e. The van der Waals surface area contributed by atoms with Gasteiger partial charge in [0, 0.05) is 49.8 Å². The van der Waals surface area contributed by atoms with E-state index < -0.39 is 0 Å².